The van der Waals surface area contributed by atoms with Crippen LogP contribution in [0.4, 0.5) is 0 Å². The molecule has 0 radical (unpaired) electrons. The van der Waals surface area contributed by atoms with Crippen molar-refractivity contribution in [2.45, 2.75) is 19.4 Å². The van der Waals surface area contributed by atoms with Crippen LogP contribution < -0.4 is 16.0 Å². The number of amides is 1. The van der Waals surface area contributed by atoms with Crippen LogP contribution >= 0.6 is 0 Å². The first kappa shape index (κ1) is 11.3. The maximum absolute atomic E-state index is 11.5. The van der Waals surface area contributed by atoms with Gasteiger partial charge in [0.2, 0.25) is 5.91 Å². The summed E-state index contributed by atoms with van der Waals surface area (Å²) in [7, 11) is 1.50. The van der Waals surface area contributed by atoms with E-state index < -0.39 is 11.9 Å². The molecule has 0 saturated heterocycles. The second-order valence-corrected chi connectivity index (χ2v) is 3.14. The lowest BCUT2D eigenvalue weighted by atomic mass is 10.2. The molecule has 1 aromatic rings. The molecule has 0 bridgehead atoms. The van der Waals surface area contributed by atoms with Crippen LogP contribution in [-0.4, -0.2) is 17.6 Å². The third kappa shape index (κ3) is 2.37. The van der Waals surface area contributed by atoms with Crippen molar-refractivity contribution < 1.29 is 9.53 Å². The molecule has 0 fully saturated rings. The van der Waals surface area contributed by atoms with E-state index in [1.165, 1.54) is 23.9 Å². The number of primary amides is 1. The Kier molecular flexibility index (Phi) is 3.49. The molecule has 5 heteroatoms. The Morgan fingerprint density at radius 2 is 2.27 bits per heavy atom. The van der Waals surface area contributed by atoms with Crippen LogP contribution in [0.25, 0.3) is 0 Å². The molecule has 82 valence electrons. The van der Waals surface area contributed by atoms with E-state index in [1.807, 2.05) is 0 Å². The van der Waals surface area contributed by atoms with Crippen LogP contribution in [0, 0.1) is 0 Å². The predicted molar refractivity (Wildman–Crippen MR) is 55.8 cm³/mol. The summed E-state index contributed by atoms with van der Waals surface area (Å²) in [6, 6.07) is 2.28. The van der Waals surface area contributed by atoms with Gasteiger partial charge in [-0.1, -0.05) is 6.92 Å². The van der Waals surface area contributed by atoms with Crippen molar-refractivity contribution in [1.29, 1.82) is 0 Å². The SMILES string of the molecule is CCC(C(N)=O)n1cc(OC)ccc1=O. The van der Waals surface area contributed by atoms with E-state index in [4.69, 9.17) is 10.5 Å². The van der Waals surface area contributed by atoms with Gasteiger partial charge in [0.25, 0.3) is 5.56 Å². The summed E-state index contributed by atoms with van der Waals surface area (Å²) in [4.78, 5) is 22.6. The van der Waals surface area contributed by atoms with Gasteiger partial charge in [-0.15, -0.1) is 0 Å². The van der Waals surface area contributed by atoms with Crippen molar-refractivity contribution in [2.24, 2.45) is 5.73 Å². The fourth-order valence-corrected chi connectivity index (χ4v) is 1.38. The molecular weight excluding hydrogens is 196 g/mol. The molecule has 1 amide bonds. The number of pyridine rings is 1. The molecule has 0 aliphatic carbocycles. The molecule has 1 rings (SSSR count). The van der Waals surface area contributed by atoms with Crippen molar-refractivity contribution in [3.8, 4) is 5.75 Å². The summed E-state index contributed by atoms with van der Waals surface area (Å²) < 4.78 is 6.27. The van der Waals surface area contributed by atoms with E-state index in [0.717, 1.165) is 0 Å². The molecule has 2 N–H and O–H groups in total. The van der Waals surface area contributed by atoms with Crippen LogP contribution in [0.5, 0.6) is 5.75 Å². The standard InChI is InChI=1S/C10H14N2O3/c1-3-8(10(11)14)12-6-7(15-2)4-5-9(12)13/h4-6,8H,3H2,1-2H3,(H2,11,14). The molecule has 1 heterocycles. The van der Waals surface area contributed by atoms with E-state index in [-0.39, 0.29) is 5.56 Å². The highest BCUT2D eigenvalue weighted by Gasteiger charge is 2.16. The lowest BCUT2D eigenvalue weighted by Crippen LogP contribution is -2.32. The van der Waals surface area contributed by atoms with Crippen LogP contribution in [0.15, 0.2) is 23.1 Å². The Bertz CT molecular complexity index is 411. The third-order valence-electron chi connectivity index (χ3n) is 2.20. The van der Waals surface area contributed by atoms with Crippen molar-refractivity contribution in [1.82, 2.24) is 4.57 Å². The highest BCUT2D eigenvalue weighted by molar-refractivity contribution is 5.78. The van der Waals surface area contributed by atoms with Crippen LogP contribution in [-0.2, 0) is 4.79 Å². The second kappa shape index (κ2) is 4.63. The number of hydrogen-bond donors (Lipinski definition) is 1. The molecular formula is C10H14N2O3. The van der Waals surface area contributed by atoms with Gasteiger partial charge in [0.1, 0.15) is 11.8 Å². The van der Waals surface area contributed by atoms with Crippen molar-refractivity contribution >= 4 is 5.91 Å². The number of rotatable bonds is 4. The van der Waals surface area contributed by atoms with Gasteiger partial charge in [-0.05, 0) is 12.5 Å². The minimum absolute atomic E-state index is 0.263. The van der Waals surface area contributed by atoms with Crippen molar-refractivity contribution in [3.05, 3.63) is 28.7 Å². The first-order chi connectivity index (χ1) is 7.10. The van der Waals surface area contributed by atoms with Crippen LogP contribution in [0.3, 0.4) is 0 Å². The van der Waals surface area contributed by atoms with Gasteiger partial charge >= 0.3 is 0 Å². The molecule has 1 aromatic heterocycles. The Hall–Kier alpha value is -1.78. The van der Waals surface area contributed by atoms with Gasteiger partial charge in [0.05, 0.1) is 13.3 Å². The Labute approximate surface area is 87.5 Å². The molecule has 1 unspecified atom stereocenters. The largest absolute Gasteiger partial charge is 0.495 e. The van der Waals surface area contributed by atoms with Gasteiger partial charge < -0.3 is 10.5 Å². The maximum atomic E-state index is 11.5. The van der Waals surface area contributed by atoms with Crippen LogP contribution in [0.1, 0.15) is 19.4 Å². The second-order valence-electron chi connectivity index (χ2n) is 3.14. The molecule has 0 aliphatic rings. The van der Waals surface area contributed by atoms with Gasteiger partial charge in [0, 0.05) is 6.07 Å². The van der Waals surface area contributed by atoms with Gasteiger partial charge in [-0.25, -0.2) is 0 Å². The zero-order valence-electron chi connectivity index (χ0n) is 8.77. The summed E-state index contributed by atoms with van der Waals surface area (Å²) in [5.41, 5.74) is 4.94. The molecule has 15 heavy (non-hydrogen) atoms. The first-order valence-electron chi connectivity index (χ1n) is 4.65. The molecule has 0 spiro atoms. The summed E-state index contributed by atoms with van der Waals surface area (Å²) in [6.45, 7) is 1.79. The highest BCUT2D eigenvalue weighted by atomic mass is 16.5. The average Bonchev–Trinajstić information content (AvgIpc) is 2.21. The lowest BCUT2D eigenvalue weighted by Gasteiger charge is -2.14. The van der Waals surface area contributed by atoms with E-state index in [0.29, 0.717) is 12.2 Å². The number of nitrogens with zero attached hydrogens (tertiary/aromatic N) is 1. The molecule has 0 aliphatic heterocycles. The Balaban J connectivity index is 3.21. The quantitative estimate of drug-likeness (QED) is 0.776. The summed E-state index contributed by atoms with van der Waals surface area (Å²) in [6.07, 6.45) is 1.96. The Morgan fingerprint density at radius 1 is 1.60 bits per heavy atom. The number of carbonyl (C=O) groups is 1. The monoisotopic (exact) mass is 210 g/mol. The summed E-state index contributed by atoms with van der Waals surface area (Å²) >= 11 is 0. The number of ether oxygens (including phenoxy) is 1. The van der Waals surface area contributed by atoms with Gasteiger partial charge in [-0.3, -0.25) is 14.2 Å². The van der Waals surface area contributed by atoms with Crippen LogP contribution in [0.2, 0.25) is 0 Å². The summed E-state index contributed by atoms with van der Waals surface area (Å²) in [5, 5.41) is 0. The van der Waals surface area contributed by atoms with Crippen molar-refractivity contribution in [2.75, 3.05) is 7.11 Å². The zero-order valence-corrected chi connectivity index (χ0v) is 8.77. The fourth-order valence-electron chi connectivity index (χ4n) is 1.38. The third-order valence-corrected chi connectivity index (χ3v) is 2.20. The number of carbonyl (C=O) groups excluding carboxylic acids is 1. The van der Waals surface area contributed by atoms with E-state index >= 15 is 0 Å². The maximum Gasteiger partial charge on any atom is 0.251 e. The molecule has 0 aromatic carbocycles. The molecule has 1 atom stereocenters. The smallest absolute Gasteiger partial charge is 0.251 e. The zero-order chi connectivity index (χ0) is 11.4. The Morgan fingerprint density at radius 3 is 2.73 bits per heavy atom. The van der Waals surface area contributed by atoms with E-state index in [9.17, 15) is 9.59 Å². The number of aromatic nitrogens is 1. The van der Waals surface area contributed by atoms with Gasteiger partial charge in [0.15, 0.2) is 0 Å². The highest BCUT2D eigenvalue weighted by Crippen LogP contribution is 2.12. The van der Waals surface area contributed by atoms with Gasteiger partial charge in [-0.2, -0.15) is 0 Å². The number of nitrogens with two attached hydrogens (primary N) is 1. The number of hydrogen-bond acceptors (Lipinski definition) is 3. The normalized spacial score (nSPS) is 12.1. The molecule has 5 nitrogen and oxygen atoms in total. The minimum atomic E-state index is -0.618. The topological polar surface area (TPSA) is 74.3 Å². The molecule has 0 saturated carbocycles. The van der Waals surface area contributed by atoms with E-state index in [1.54, 1.807) is 13.0 Å². The number of methoxy groups -OCH3 is 1. The summed E-state index contributed by atoms with van der Waals surface area (Å²) in [5.74, 6) is 0.00199. The first-order valence-corrected chi connectivity index (χ1v) is 4.65. The average molecular weight is 210 g/mol. The lowest BCUT2D eigenvalue weighted by molar-refractivity contribution is -0.121. The predicted octanol–water partition coefficient (Wildman–Crippen LogP) is 0.293. The fraction of sp³-hybridized carbons (Fsp3) is 0.400. The van der Waals surface area contributed by atoms with E-state index in [2.05, 4.69) is 0 Å². The minimum Gasteiger partial charge on any atom is -0.495 e. The van der Waals surface area contributed by atoms with Crippen molar-refractivity contribution in [3.63, 3.8) is 0 Å².